The Morgan fingerprint density at radius 3 is 1.13 bits per heavy atom. The van der Waals surface area contributed by atoms with Crippen molar-refractivity contribution >= 4 is 20.9 Å². The fourth-order valence-electron chi connectivity index (χ4n) is 4.29. The second-order valence-electron chi connectivity index (χ2n) is 7.86. The molecule has 0 atom stereocenters. The molecule has 161 valence electrons. The number of nitrogens with zero attached hydrogens (tertiary/aromatic N) is 2. The van der Waals surface area contributed by atoms with Gasteiger partial charge in [0, 0.05) is 24.5 Å². The van der Waals surface area contributed by atoms with Crippen molar-refractivity contribution in [3.8, 4) is 0 Å². The molecule has 1 saturated carbocycles. The zero-order chi connectivity index (χ0) is 22.3. The van der Waals surface area contributed by atoms with E-state index in [1.54, 1.807) is 0 Å². The summed E-state index contributed by atoms with van der Waals surface area (Å²) >= 11 is 2.22. The van der Waals surface area contributed by atoms with Crippen molar-refractivity contribution in [2.45, 2.75) is 41.5 Å². The molecule has 0 bridgehead atoms. The Morgan fingerprint density at radius 2 is 0.867 bits per heavy atom. The van der Waals surface area contributed by atoms with E-state index in [1.807, 2.05) is 32.1 Å². The van der Waals surface area contributed by atoms with E-state index in [-0.39, 0.29) is 0 Å². The van der Waals surface area contributed by atoms with Crippen LogP contribution in [-0.4, -0.2) is 13.1 Å². The van der Waals surface area contributed by atoms with Crippen LogP contribution >= 0.6 is 9.53 Å². The van der Waals surface area contributed by atoms with Gasteiger partial charge >= 0.3 is 27.7 Å². The predicted molar refractivity (Wildman–Crippen MR) is 127 cm³/mol. The number of anilines is 2. The van der Waals surface area contributed by atoms with Gasteiger partial charge in [0.15, 0.2) is 0 Å². The van der Waals surface area contributed by atoms with Gasteiger partial charge in [-0.25, -0.2) is 0 Å². The van der Waals surface area contributed by atoms with Gasteiger partial charge in [0.05, 0.1) is 0 Å². The summed E-state index contributed by atoms with van der Waals surface area (Å²) in [6, 6.07) is 9.04. The quantitative estimate of drug-likeness (QED) is 0.420. The van der Waals surface area contributed by atoms with Crippen LogP contribution in [0.1, 0.15) is 33.4 Å². The maximum absolute atomic E-state index is 4.49. The first-order chi connectivity index (χ1) is 14.4. The number of aryl methyl sites for hydroxylation is 6. The molecule has 2 nitrogen and oxygen atoms in total. The van der Waals surface area contributed by atoms with E-state index < -0.39 is 0 Å². The SMILES string of the molecule is Cc1cc(C)c(N2[C]N(c3c(C)cc(C)cc3C)CC2)c(C)c1.[CH]1[CH][CH][CH][CH]1.[Cl][Pd+]. The molecule has 0 amide bonds. The van der Waals surface area contributed by atoms with Crippen molar-refractivity contribution < 1.29 is 18.2 Å². The topological polar surface area (TPSA) is 6.48 Å². The fraction of sp³-hybridized carbons (Fsp3) is 0.308. The van der Waals surface area contributed by atoms with E-state index in [9.17, 15) is 0 Å². The Hall–Kier alpha value is -1.01. The van der Waals surface area contributed by atoms with E-state index in [1.165, 1.54) is 44.8 Å². The number of rotatable bonds is 2. The van der Waals surface area contributed by atoms with E-state index >= 15 is 0 Å². The van der Waals surface area contributed by atoms with Gasteiger partial charge in [0.1, 0.15) is 0 Å². The van der Waals surface area contributed by atoms with Gasteiger partial charge in [0.2, 0.25) is 6.67 Å². The average Bonchev–Trinajstić information content (AvgIpc) is 3.37. The van der Waals surface area contributed by atoms with Crippen LogP contribution < -0.4 is 9.80 Å². The zero-order valence-electron chi connectivity index (χ0n) is 18.7. The summed E-state index contributed by atoms with van der Waals surface area (Å²) in [4.78, 5) is 4.56. The Labute approximate surface area is 199 Å². The maximum atomic E-state index is 4.49. The Kier molecular flexibility index (Phi) is 10.2. The summed E-state index contributed by atoms with van der Waals surface area (Å²) in [5, 5.41) is 0. The average molecular weight is 513 g/mol. The molecule has 2 aromatic carbocycles. The predicted octanol–water partition coefficient (Wildman–Crippen LogP) is 6.57. The van der Waals surface area contributed by atoms with Crippen LogP contribution in [0.15, 0.2) is 24.3 Å². The monoisotopic (exact) mass is 512 g/mol. The van der Waals surface area contributed by atoms with Crippen LogP contribution in [0.5, 0.6) is 0 Å². The van der Waals surface area contributed by atoms with Gasteiger partial charge in [-0.2, -0.15) is 0 Å². The molecule has 2 aromatic rings. The molecule has 2 fully saturated rings. The molecule has 4 heteroatoms. The molecule has 0 aromatic heterocycles. The van der Waals surface area contributed by atoms with Crippen molar-refractivity contribution in [3.05, 3.63) is 96.4 Å². The van der Waals surface area contributed by atoms with Crippen LogP contribution in [0.25, 0.3) is 0 Å². The second-order valence-corrected chi connectivity index (χ2v) is 7.86. The van der Waals surface area contributed by atoms with Gasteiger partial charge in [-0.1, -0.05) is 35.4 Å². The van der Waals surface area contributed by atoms with Gasteiger partial charge in [-0.15, -0.1) is 0 Å². The Morgan fingerprint density at radius 1 is 0.600 bits per heavy atom. The van der Waals surface area contributed by atoms with Crippen LogP contribution in [-0.2, 0) is 18.2 Å². The standard InChI is InChI=1S/C21H26N2.C5H5.ClH.Pd/c1-14-9-16(3)20(17(4)10-14)22-7-8-23(13-22)21-18(5)11-15(2)12-19(21)6;1-2-4-5-3-1;;/h9-12H,7-8H2,1-6H3;1-5H;1H;/q;;;+2/p-1. The molecule has 4 rings (SSSR count). The number of halogens is 1. The van der Waals surface area contributed by atoms with Crippen molar-refractivity contribution in [3.63, 3.8) is 0 Å². The third kappa shape index (κ3) is 6.49. The molecule has 0 unspecified atom stereocenters. The summed E-state index contributed by atoms with van der Waals surface area (Å²) in [6.07, 6.45) is 10.0. The number of hydrogen-bond acceptors (Lipinski definition) is 2. The second kappa shape index (κ2) is 12.1. The van der Waals surface area contributed by atoms with Gasteiger partial charge in [-0.3, -0.25) is 0 Å². The minimum absolute atomic E-state index is 0.984. The molecule has 30 heavy (non-hydrogen) atoms. The fourth-order valence-corrected chi connectivity index (χ4v) is 4.29. The van der Waals surface area contributed by atoms with Gasteiger partial charge in [0.25, 0.3) is 0 Å². The van der Waals surface area contributed by atoms with Gasteiger partial charge < -0.3 is 9.80 Å². The molecule has 1 aliphatic heterocycles. The third-order valence-corrected chi connectivity index (χ3v) is 5.15. The molecule has 7 radical (unpaired) electrons. The molecule has 1 heterocycles. The molecule has 0 spiro atoms. The molecular formula is C26H31ClN2Pd+. The van der Waals surface area contributed by atoms with Crippen LogP contribution in [0, 0.1) is 80.3 Å². The van der Waals surface area contributed by atoms with Crippen molar-refractivity contribution in [1.29, 1.82) is 0 Å². The summed E-state index contributed by atoms with van der Waals surface area (Å²) in [5.41, 5.74) is 10.6. The van der Waals surface area contributed by atoms with Crippen molar-refractivity contribution in [2.75, 3.05) is 22.9 Å². The van der Waals surface area contributed by atoms with Crippen LogP contribution in [0.2, 0.25) is 0 Å². The summed E-state index contributed by atoms with van der Waals surface area (Å²) in [7, 11) is 4.49. The molecule has 1 saturated heterocycles. The Balaban J connectivity index is 0.000000393. The van der Waals surface area contributed by atoms with Crippen LogP contribution in [0.4, 0.5) is 11.4 Å². The summed E-state index contributed by atoms with van der Waals surface area (Å²) in [6.45, 7) is 18.7. The third-order valence-electron chi connectivity index (χ3n) is 5.15. The van der Waals surface area contributed by atoms with E-state index in [2.05, 4.69) is 110 Å². The van der Waals surface area contributed by atoms with Gasteiger partial charge in [-0.05, 0) is 95.9 Å². The summed E-state index contributed by atoms with van der Waals surface area (Å²) < 4.78 is 0. The first kappa shape index (κ1) is 25.3. The van der Waals surface area contributed by atoms with Crippen LogP contribution in [0.3, 0.4) is 0 Å². The first-order valence-electron chi connectivity index (χ1n) is 10.1. The van der Waals surface area contributed by atoms with Crippen molar-refractivity contribution in [1.82, 2.24) is 0 Å². The first-order valence-corrected chi connectivity index (χ1v) is 12.1. The molecule has 2 aliphatic rings. The molecular weight excluding hydrogens is 482 g/mol. The van der Waals surface area contributed by atoms with E-state index in [4.69, 9.17) is 0 Å². The minimum atomic E-state index is 0.984. The molecule has 0 N–H and O–H groups in total. The Bertz CT molecular complexity index is 713. The van der Waals surface area contributed by atoms with E-state index in [0.29, 0.717) is 0 Å². The van der Waals surface area contributed by atoms with E-state index in [0.717, 1.165) is 13.1 Å². The number of benzene rings is 2. The van der Waals surface area contributed by atoms with Crippen molar-refractivity contribution in [2.24, 2.45) is 0 Å². The normalized spacial score (nSPS) is 15.5. The summed E-state index contributed by atoms with van der Waals surface area (Å²) in [5.74, 6) is 0. The molecule has 1 aliphatic carbocycles. The number of hydrogen-bond donors (Lipinski definition) is 0. The zero-order valence-corrected chi connectivity index (χ0v) is 21.0.